The van der Waals surface area contributed by atoms with E-state index in [0.717, 1.165) is 31.6 Å². The number of nitrogens with zero attached hydrogens (tertiary/aromatic N) is 2. The summed E-state index contributed by atoms with van der Waals surface area (Å²) in [6.07, 6.45) is 2.15. The van der Waals surface area contributed by atoms with Gasteiger partial charge in [0.15, 0.2) is 0 Å². The molecule has 6 nitrogen and oxygen atoms in total. The van der Waals surface area contributed by atoms with Gasteiger partial charge in [0.05, 0.1) is 38.4 Å². The largest absolute Gasteiger partial charge is 0.352 e. The predicted octanol–water partition coefficient (Wildman–Crippen LogP) is 5.76. The molecule has 2 aliphatic rings. The van der Waals surface area contributed by atoms with Crippen molar-refractivity contribution in [1.82, 2.24) is 10.2 Å². The Kier molecular flexibility index (Phi) is 8.50. The van der Waals surface area contributed by atoms with Crippen LogP contribution in [0.25, 0.3) is 0 Å². The Bertz CT molecular complexity index is 1400. The molecule has 0 bridgehead atoms. The van der Waals surface area contributed by atoms with E-state index in [-0.39, 0.29) is 18.4 Å². The van der Waals surface area contributed by atoms with Crippen molar-refractivity contribution in [3.8, 4) is 0 Å². The molecule has 3 aromatic carbocycles. The molecule has 39 heavy (non-hydrogen) atoms. The summed E-state index contributed by atoms with van der Waals surface area (Å²) in [7, 11) is -1.57. The first-order chi connectivity index (χ1) is 18.8. The maximum atomic E-state index is 13.8. The summed E-state index contributed by atoms with van der Waals surface area (Å²) in [5.41, 5.74) is 2.13. The zero-order valence-corrected chi connectivity index (χ0v) is 23.9. The third-order valence-corrected chi connectivity index (χ3v) is 9.12. The van der Waals surface area contributed by atoms with Crippen molar-refractivity contribution < 1.29 is 13.8 Å². The number of carbonyl (C=O) groups is 2. The molecule has 2 heterocycles. The second kappa shape index (κ2) is 12.0. The van der Waals surface area contributed by atoms with Crippen LogP contribution in [0.1, 0.15) is 53.0 Å². The van der Waals surface area contributed by atoms with Crippen molar-refractivity contribution in [2.45, 2.75) is 43.0 Å². The zero-order valence-electron chi connectivity index (χ0n) is 22.4. The van der Waals surface area contributed by atoms with Gasteiger partial charge in [-0.25, -0.2) is 4.21 Å². The minimum absolute atomic E-state index is 0.208. The van der Waals surface area contributed by atoms with Crippen molar-refractivity contribution in [1.29, 1.82) is 0 Å². The smallest absolute Gasteiger partial charge is 0.259 e. The van der Waals surface area contributed by atoms with Crippen molar-refractivity contribution >= 4 is 39.9 Å². The molecule has 1 saturated heterocycles. The Hall–Kier alpha value is -3.00. The number of likely N-dealkylation sites (tertiary alicyclic amines) is 1. The van der Waals surface area contributed by atoms with E-state index in [1.54, 1.807) is 53.4 Å². The van der Waals surface area contributed by atoms with Crippen LogP contribution in [0.15, 0.2) is 76.5 Å². The lowest BCUT2D eigenvalue weighted by atomic mass is 9.92. The molecule has 0 unspecified atom stereocenters. The molecule has 2 amide bonds. The lowest BCUT2D eigenvalue weighted by Gasteiger charge is -2.34. The number of fused-ring (bicyclic) bond motifs is 2. The summed E-state index contributed by atoms with van der Waals surface area (Å²) in [5.74, 6) is 0.940. The number of rotatable bonds is 7. The number of nitrogens with one attached hydrogen (secondary N) is 1. The van der Waals surface area contributed by atoms with E-state index in [2.05, 4.69) is 24.1 Å². The van der Waals surface area contributed by atoms with Crippen LogP contribution in [-0.4, -0.2) is 47.1 Å². The first kappa shape index (κ1) is 27.6. The van der Waals surface area contributed by atoms with Gasteiger partial charge in [-0.1, -0.05) is 49.7 Å². The topological polar surface area (TPSA) is 69.7 Å². The van der Waals surface area contributed by atoms with Gasteiger partial charge < -0.3 is 15.1 Å². The first-order valence-corrected chi connectivity index (χ1v) is 15.0. The van der Waals surface area contributed by atoms with Gasteiger partial charge in [-0.3, -0.25) is 9.59 Å². The number of amides is 2. The van der Waals surface area contributed by atoms with Crippen LogP contribution in [-0.2, 0) is 17.3 Å². The molecule has 0 radical (unpaired) electrons. The molecule has 3 atom stereocenters. The van der Waals surface area contributed by atoms with E-state index in [4.69, 9.17) is 11.6 Å². The molecule has 5 rings (SSSR count). The fraction of sp³-hybridized carbons (Fsp3) is 0.355. The number of halogens is 1. The fourth-order valence-electron chi connectivity index (χ4n) is 5.76. The fourth-order valence-corrected chi connectivity index (χ4v) is 7.32. The van der Waals surface area contributed by atoms with E-state index in [1.165, 1.54) is 6.42 Å². The number of carbonyl (C=O) groups excluding carboxylic acids is 2. The van der Waals surface area contributed by atoms with E-state index < -0.39 is 10.8 Å². The van der Waals surface area contributed by atoms with Crippen LogP contribution >= 0.6 is 11.6 Å². The van der Waals surface area contributed by atoms with Crippen molar-refractivity contribution in [3.05, 3.63) is 88.4 Å². The van der Waals surface area contributed by atoms with Gasteiger partial charge in [-0.05, 0) is 79.3 Å². The number of benzene rings is 3. The van der Waals surface area contributed by atoms with Crippen LogP contribution in [0.2, 0.25) is 5.02 Å². The number of piperidine rings is 1. The number of anilines is 1. The minimum Gasteiger partial charge on any atom is -0.352 e. The van der Waals surface area contributed by atoms with E-state index in [0.29, 0.717) is 50.0 Å². The molecular formula is C31H34ClN3O3S. The second-order valence-corrected chi connectivity index (χ2v) is 12.6. The third kappa shape index (κ3) is 6.26. The quantitative estimate of drug-likeness (QED) is 0.371. The molecule has 204 valence electrons. The van der Waals surface area contributed by atoms with Gasteiger partial charge in [0, 0.05) is 30.2 Å². The lowest BCUT2D eigenvalue weighted by Crippen LogP contribution is -2.40. The molecule has 3 aromatic rings. The standard InChI is InChI=1S/C31H34ClN3O3S/c1-21-15-22(2)19-34(18-21)14-6-13-33-30(36)24-11-12-29-27(17-24)35(20-23-7-5-8-25(32)16-23)31(37)26-9-3-4-10-28(26)39(29)38/h3-5,7-12,16-17,21-22H,6,13-15,18-20H2,1-2H3,(H,33,36)/t21-,22-,39+/m1/s1. The summed E-state index contributed by atoms with van der Waals surface area (Å²) in [6, 6.07) is 19.4. The van der Waals surface area contributed by atoms with Gasteiger partial charge in [-0.2, -0.15) is 0 Å². The summed E-state index contributed by atoms with van der Waals surface area (Å²) in [5, 5.41) is 3.60. The van der Waals surface area contributed by atoms with Crippen molar-refractivity contribution in [2.75, 3.05) is 31.1 Å². The van der Waals surface area contributed by atoms with Crippen LogP contribution in [0.4, 0.5) is 5.69 Å². The second-order valence-electron chi connectivity index (χ2n) is 10.8. The van der Waals surface area contributed by atoms with Gasteiger partial charge in [-0.15, -0.1) is 0 Å². The molecular weight excluding hydrogens is 530 g/mol. The third-order valence-electron chi connectivity index (χ3n) is 7.38. The van der Waals surface area contributed by atoms with Crippen molar-refractivity contribution in [2.24, 2.45) is 11.8 Å². The molecule has 2 aliphatic heterocycles. The molecule has 0 aromatic heterocycles. The molecule has 1 N–H and O–H groups in total. The van der Waals surface area contributed by atoms with Crippen LogP contribution in [0.3, 0.4) is 0 Å². The monoisotopic (exact) mass is 563 g/mol. The summed E-state index contributed by atoms with van der Waals surface area (Å²) < 4.78 is 13.6. The average Bonchev–Trinajstić information content (AvgIpc) is 3.00. The summed E-state index contributed by atoms with van der Waals surface area (Å²) in [4.78, 5) is 32.0. The SMILES string of the molecule is C[C@@H]1C[C@@H](C)CN(CCCNC(=O)c2ccc3c(c2)N(Cc2cccc(Cl)c2)C(=O)c2ccccc2[S@@]3=O)C1. The highest BCUT2D eigenvalue weighted by molar-refractivity contribution is 7.85. The first-order valence-electron chi connectivity index (χ1n) is 13.5. The van der Waals surface area contributed by atoms with Gasteiger partial charge in [0.2, 0.25) is 0 Å². The predicted molar refractivity (Wildman–Crippen MR) is 156 cm³/mol. The molecule has 0 spiro atoms. The molecule has 8 heteroatoms. The average molecular weight is 564 g/mol. The van der Waals surface area contributed by atoms with Gasteiger partial charge in [0.25, 0.3) is 11.8 Å². The molecule has 0 saturated carbocycles. The van der Waals surface area contributed by atoms with Gasteiger partial charge in [0.1, 0.15) is 0 Å². The van der Waals surface area contributed by atoms with E-state index in [1.807, 2.05) is 18.2 Å². The molecule has 0 aliphatic carbocycles. The Balaban J connectivity index is 1.37. The summed E-state index contributed by atoms with van der Waals surface area (Å²) in [6.45, 7) is 8.58. The normalized spacial score (nSPS) is 21.2. The summed E-state index contributed by atoms with van der Waals surface area (Å²) >= 11 is 6.22. The Morgan fingerprint density at radius 2 is 1.77 bits per heavy atom. The lowest BCUT2D eigenvalue weighted by molar-refractivity contribution is 0.0944. The molecule has 1 fully saturated rings. The highest BCUT2D eigenvalue weighted by Crippen LogP contribution is 2.36. The highest BCUT2D eigenvalue weighted by atomic mass is 35.5. The van der Waals surface area contributed by atoms with Crippen LogP contribution in [0.5, 0.6) is 0 Å². The van der Waals surface area contributed by atoms with E-state index >= 15 is 0 Å². The Labute approximate surface area is 237 Å². The van der Waals surface area contributed by atoms with Crippen LogP contribution in [0, 0.1) is 11.8 Å². The van der Waals surface area contributed by atoms with Crippen LogP contribution < -0.4 is 10.2 Å². The van der Waals surface area contributed by atoms with Crippen molar-refractivity contribution in [3.63, 3.8) is 0 Å². The zero-order chi connectivity index (χ0) is 27.5. The number of hydrogen-bond acceptors (Lipinski definition) is 4. The van der Waals surface area contributed by atoms with Gasteiger partial charge >= 0.3 is 0 Å². The maximum Gasteiger partial charge on any atom is 0.259 e. The minimum atomic E-state index is -1.57. The Morgan fingerprint density at radius 1 is 1.00 bits per heavy atom. The Morgan fingerprint density at radius 3 is 2.54 bits per heavy atom. The highest BCUT2D eigenvalue weighted by Gasteiger charge is 2.31. The number of hydrogen-bond donors (Lipinski definition) is 1. The maximum absolute atomic E-state index is 13.8. The van der Waals surface area contributed by atoms with E-state index in [9.17, 15) is 13.8 Å².